The second-order valence-electron chi connectivity index (χ2n) is 4.33. The molecular weight excluding hydrogens is 234 g/mol. The quantitative estimate of drug-likeness (QED) is 0.689. The molecule has 96 valence electrons. The minimum atomic E-state index is -0.0204. The van der Waals surface area contributed by atoms with Gasteiger partial charge < -0.3 is 9.64 Å². The van der Waals surface area contributed by atoms with E-state index in [4.69, 9.17) is 16.3 Å². The van der Waals surface area contributed by atoms with Gasteiger partial charge in [0.05, 0.1) is 12.5 Å². The molecule has 0 aromatic heterocycles. The Morgan fingerprint density at radius 3 is 2.71 bits per heavy atom. The maximum absolute atomic E-state index is 6.44. The molecule has 1 rings (SSSR count). The van der Waals surface area contributed by atoms with Crippen LogP contribution in [0.2, 0.25) is 0 Å². The zero-order chi connectivity index (χ0) is 12.7. The van der Waals surface area contributed by atoms with Crippen molar-refractivity contribution in [2.45, 2.75) is 25.1 Å². The Morgan fingerprint density at radius 2 is 2.06 bits per heavy atom. The summed E-state index contributed by atoms with van der Waals surface area (Å²) in [5.41, 5.74) is 1.07. The Hall–Kier alpha value is -0.730. The van der Waals surface area contributed by atoms with Gasteiger partial charge >= 0.3 is 0 Å². The van der Waals surface area contributed by atoms with Crippen molar-refractivity contribution in [3.8, 4) is 5.75 Å². The average Bonchev–Trinajstić information content (AvgIpc) is 2.36. The Morgan fingerprint density at radius 1 is 1.35 bits per heavy atom. The smallest absolute Gasteiger partial charge is 0.123 e. The first kappa shape index (κ1) is 14.3. The van der Waals surface area contributed by atoms with Crippen LogP contribution in [0, 0.1) is 0 Å². The van der Waals surface area contributed by atoms with Gasteiger partial charge in [0.1, 0.15) is 5.75 Å². The molecule has 0 aliphatic carbocycles. The van der Waals surface area contributed by atoms with Crippen LogP contribution in [-0.2, 0) is 0 Å². The molecule has 0 N–H and O–H groups in total. The maximum Gasteiger partial charge on any atom is 0.123 e. The van der Waals surface area contributed by atoms with Gasteiger partial charge in [-0.3, -0.25) is 0 Å². The summed E-state index contributed by atoms with van der Waals surface area (Å²) in [6, 6.07) is 7.95. The monoisotopic (exact) mass is 255 g/mol. The molecule has 0 spiro atoms. The van der Waals surface area contributed by atoms with E-state index in [-0.39, 0.29) is 5.38 Å². The van der Waals surface area contributed by atoms with Crippen molar-refractivity contribution in [3.63, 3.8) is 0 Å². The summed E-state index contributed by atoms with van der Waals surface area (Å²) in [7, 11) is 3.80. The van der Waals surface area contributed by atoms with E-state index in [0.29, 0.717) is 0 Å². The molecule has 0 saturated heterocycles. The van der Waals surface area contributed by atoms with Crippen LogP contribution in [0.4, 0.5) is 0 Å². The van der Waals surface area contributed by atoms with Crippen LogP contribution in [-0.4, -0.2) is 32.1 Å². The molecule has 0 aliphatic rings. The van der Waals surface area contributed by atoms with Crippen LogP contribution < -0.4 is 4.74 Å². The van der Waals surface area contributed by atoms with Crippen molar-refractivity contribution in [2.24, 2.45) is 0 Å². The number of nitrogens with zero attached hydrogens (tertiary/aromatic N) is 1. The number of hydrogen-bond donors (Lipinski definition) is 0. The maximum atomic E-state index is 6.44. The second-order valence-corrected chi connectivity index (χ2v) is 4.85. The fourth-order valence-electron chi connectivity index (χ4n) is 1.82. The van der Waals surface area contributed by atoms with Crippen molar-refractivity contribution in [1.82, 2.24) is 4.90 Å². The van der Waals surface area contributed by atoms with Gasteiger partial charge in [-0.15, -0.1) is 11.6 Å². The van der Waals surface area contributed by atoms with E-state index in [1.807, 2.05) is 24.3 Å². The third-order valence-corrected chi connectivity index (χ3v) is 3.21. The van der Waals surface area contributed by atoms with Crippen molar-refractivity contribution < 1.29 is 4.74 Å². The molecule has 1 unspecified atom stereocenters. The molecule has 0 saturated carbocycles. The Labute approximate surface area is 110 Å². The normalized spacial score (nSPS) is 12.8. The van der Waals surface area contributed by atoms with Gasteiger partial charge in [-0.1, -0.05) is 31.5 Å². The highest BCUT2D eigenvalue weighted by Gasteiger charge is 2.14. The number of rotatable bonds is 7. The molecule has 1 atom stereocenters. The lowest BCUT2D eigenvalue weighted by molar-refractivity contribution is 0.325. The number of benzene rings is 1. The van der Waals surface area contributed by atoms with Gasteiger partial charge in [0, 0.05) is 12.1 Å². The van der Waals surface area contributed by atoms with Crippen LogP contribution in [0.5, 0.6) is 5.75 Å². The second kappa shape index (κ2) is 7.57. The van der Waals surface area contributed by atoms with Crippen LogP contribution in [0.15, 0.2) is 24.3 Å². The predicted molar refractivity (Wildman–Crippen MR) is 74.0 cm³/mol. The SMILES string of the molecule is CCCCN(C)CC(Cl)c1ccccc1OC. The van der Waals surface area contributed by atoms with Gasteiger partial charge in [0.25, 0.3) is 0 Å². The van der Waals surface area contributed by atoms with E-state index in [1.54, 1.807) is 7.11 Å². The number of alkyl halides is 1. The van der Waals surface area contributed by atoms with Crippen molar-refractivity contribution in [1.29, 1.82) is 0 Å². The number of ether oxygens (including phenoxy) is 1. The standard InChI is InChI=1S/C14H22ClNO/c1-4-5-10-16(2)11-13(15)12-8-6-7-9-14(12)17-3/h6-9,13H,4-5,10-11H2,1-3H3. The summed E-state index contributed by atoms with van der Waals surface area (Å²) in [4.78, 5) is 2.27. The first-order valence-electron chi connectivity index (χ1n) is 6.14. The number of unbranched alkanes of at least 4 members (excludes halogenated alkanes) is 1. The number of likely N-dealkylation sites (N-methyl/N-ethyl adjacent to an activating group) is 1. The van der Waals surface area contributed by atoms with E-state index in [9.17, 15) is 0 Å². The van der Waals surface area contributed by atoms with Gasteiger partial charge in [-0.25, -0.2) is 0 Å². The number of halogens is 1. The lowest BCUT2D eigenvalue weighted by Gasteiger charge is -2.21. The molecule has 0 radical (unpaired) electrons. The number of methoxy groups -OCH3 is 1. The summed E-state index contributed by atoms with van der Waals surface area (Å²) in [6.07, 6.45) is 2.43. The highest BCUT2D eigenvalue weighted by atomic mass is 35.5. The van der Waals surface area contributed by atoms with Crippen LogP contribution in [0.25, 0.3) is 0 Å². The van der Waals surface area contributed by atoms with Gasteiger partial charge in [-0.2, -0.15) is 0 Å². The van der Waals surface area contributed by atoms with E-state index >= 15 is 0 Å². The Bertz CT molecular complexity index is 330. The Kier molecular flexibility index (Phi) is 6.38. The highest BCUT2D eigenvalue weighted by Crippen LogP contribution is 2.29. The molecule has 0 bridgehead atoms. The Balaban J connectivity index is 2.59. The van der Waals surface area contributed by atoms with Crippen molar-refractivity contribution in [3.05, 3.63) is 29.8 Å². The van der Waals surface area contributed by atoms with Crippen molar-refractivity contribution in [2.75, 3.05) is 27.2 Å². The van der Waals surface area contributed by atoms with Crippen LogP contribution in [0.3, 0.4) is 0 Å². The van der Waals surface area contributed by atoms with Crippen LogP contribution in [0.1, 0.15) is 30.7 Å². The third-order valence-electron chi connectivity index (χ3n) is 2.84. The summed E-state index contributed by atoms with van der Waals surface area (Å²) in [5, 5.41) is -0.0204. The first-order valence-corrected chi connectivity index (χ1v) is 6.58. The summed E-state index contributed by atoms with van der Waals surface area (Å²) in [5.74, 6) is 0.872. The minimum Gasteiger partial charge on any atom is -0.496 e. The molecule has 0 fully saturated rings. The molecule has 1 aromatic carbocycles. The summed E-state index contributed by atoms with van der Waals surface area (Å²) in [6.45, 7) is 4.14. The first-order chi connectivity index (χ1) is 8.19. The summed E-state index contributed by atoms with van der Waals surface area (Å²) >= 11 is 6.44. The van der Waals surface area contributed by atoms with Crippen molar-refractivity contribution >= 4 is 11.6 Å². The summed E-state index contributed by atoms with van der Waals surface area (Å²) < 4.78 is 5.33. The molecule has 0 heterocycles. The number of para-hydroxylation sites is 1. The lowest BCUT2D eigenvalue weighted by atomic mass is 10.1. The van der Waals surface area contributed by atoms with E-state index in [1.165, 1.54) is 12.8 Å². The third kappa shape index (κ3) is 4.57. The molecule has 0 aliphatic heterocycles. The molecule has 0 amide bonds. The minimum absolute atomic E-state index is 0.0204. The highest BCUT2D eigenvalue weighted by molar-refractivity contribution is 6.21. The largest absolute Gasteiger partial charge is 0.496 e. The molecular formula is C14H22ClNO. The van der Waals surface area contributed by atoms with Gasteiger partial charge in [0.2, 0.25) is 0 Å². The van der Waals surface area contributed by atoms with Crippen LogP contribution >= 0.6 is 11.6 Å². The van der Waals surface area contributed by atoms with E-state index < -0.39 is 0 Å². The molecule has 3 heteroatoms. The van der Waals surface area contributed by atoms with Gasteiger partial charge in [-0.05, 0) is 26.1 Å². The topological polar surface area (TPSA) is 12.5 Å². The fourth-order valence-corrected chi connectivity index (χ4v) is 2.23. The van der Waals surface area contributed by atoms with E-state index in [2.05, 4.69) is 18.9 Å². The zero-order valence-corrected chi connectivity index (χ0v) is 11.7. The molecule has 2 nitrogen and oxygen atoms in total. The lowest BCUT2D eigenvalue weighted by Crippen LogP contribution is -2.23. The zero-order valence-electron chi connectivity index (χ0n) is 10.9. The number of hydrogen-bond acceptors (Lipinski definition) is 2. The average molecular weight is 256 g/mol. The van der Waals surface area contributed by atoms with E-state index in [0.717, 1.165) is 24.4 Å². The molecule has 1 aromatic rings. The van der Waals surface area contributed by atoms with Gasteiger partial charge in [0.15, 0.2) is 0 Å². The molecule has 17 heavy (non-hydrogen) atoms. The fraction of sp³-hybridized carbons (Fsp3) is 0.571. The predicted octanol–water partition coefficient (Wildman–Crippen LogP) is 3.71.